The first kappa shape index (κ1) is 19.3. The lowest BCUT2D eigenvalue weighted by Gasteiger charge is -2.11. The molecule has 1 heterocycles. The summed E-state index contributed by atoms with van der Waals surface area (Å²) in [5.41, 5.74) is -0.428. The summed E-state index contributed by atoms with van der Waals surface area (Å²) in [6.07, 6.45) is -4.51. The summed E-state index contributed by atoms with van der Waals surface area (Å²) >= 11 is 0. The van der Waals surface area contributed by atoms with E-state index >= 15 is 0 Å². The van der Waals surface area contributed by atoms with Gasteiger partial charge in [-0.15, -0.1) is 0 Å². The van der Waals surface area contributed by atoms with Crippen LogP contribution in [0.3, 0.4) is 0 Å². The number of hydrogen-bond donors (Lipinski definition) is 2. The van der Waals surface area contributed by atoms with Crippen LogP contribution in [0.1, 0.15) is 21.6 Å². The van der Waals surface area contributed by atoms with Gasteiger partial charge in [0.25, 0.3) is 5.56 Å². The molecule has 10 heteroatoms. The number of benzene rings is 2. The van der Waals surface area contributed by atoms with Crippen LogP contribution < -0.4 is 10.3 Å². The molecule has 0 aliphatic carbocycles. The summed E-state index contributed by atoms with van der Waals surface area (Å²) in [4.78, 5) is 23.0. The quantitative estimate of drug-likeness (QED) is 0.646. The van der Waals surface area contributed by atoms with Crippen LogP contribution in [0.15, 0.2) is 41.2 Å². The van der Waals surface area contributed by atoms with Crippen LogP contribution in [-0.4, -0.2) is 34.1 Å². The maximum absolute atomic E-state index is 13.5. The SMILES string of the molecule is O=C(O)c1cc(Cc2n[nH]c(=O)c3ccc(OCC(F)(F)F)cc23)ccc1F. The van der Waals surface area contributed by atoms with Gasteiger partial charge in [-0.05, 0) is 35.9 Å². The number of hydrogen-bond acceptors (Lipinski definition) is 4. The van der Waals surface area contributed by atoms with Crippen LogP contribution in [-0.2, 0) is 6.42 Å². The highest BCUT2D eigenvalue weighted by Crippen LogP contribution is 2.25. The summed E-state index contributed by atoms with van der Waals surface area (Å²) in [7, 11) is 0. The van der Waals surface area contributed by atoms with E-state index < -0.39 is 35.7 Å². The van der Waals surface area contributed by atoms with Crippen molar-refractivity contribution in [3.8, 4) is 5.75 Å². The third kappa shape index (κ3) is 4.27. The van der Waals surface area contributed by atoms with Crippen LogP contribution >= 0.6 is 0 Å². The predicted octanol–water partition coefficient (Wildman–Crippen LogP) is 3.29. The molecule has 146 valence electrons. The minimum Gasteiger partial charge on any atom is -0.484 e. The van der Waals surface area contributed by atoms with Gasteiger partial charge in [0.15, 0.2) is 6.61 Å². The minimum absolute atomic E-state index is 0.0105. The first-order valence-electron chi connectivity index (χ1n) is 7.86. The number of halogens is 4. The number of H-pyrrole nitrogens is 1. The first-order valence-corrected chi connectivity index (χ1v) is 7.86. The smallest absolute Gasteiger partial charge is 0.422 e. The average molecular weight is 396 g/mol. The number of ether oxygens (including phenoxy) is 1. The molecule has 0 saturated heterocycles. The molecule has 3 rings (SSSR count). The Labute approximate surface area is 154 Å². The van der Waals surface area contributed by atoms with Crippen LogP contribution in [0.5, 0.6) is 5.75 Å². The van der Waals surface area contributed by atoms with E-state index in [2.05, 4.69) is 10.2 Å². The zero-order chi connectivity index (χ0) is 20.5. The summed E-state index contributed by atoms with van der Waals surface area (Å²) in [5.74, 6) is -2.45. The number of aromatic nitrogens is 2. The zero-order valence-corrected chi connectivity index (χ0v) is 14.0. The summed E-state index contributed by atoms with van der Waals surface area (Å²) in [5, 5.41) is 15.6. The van der Waals surface area contributed by atoms with Crippen LogP contribution in [0.25, 0.3) is 10.8 Å². The van der Waals surface area contributed by atoms with Gasteiger partial charge in [0, 0.05) is 11.8 Å². The summed E-state index contributed by atoms with van der Waals surface area (Å²) in [6.45, 7) is -1.50. The molecule has 3 aromatic rings. The van der Waals surface area contributed by atoms with Crippen LogP contribution in [0.2, 0.25) is 0 Å². The molecule has 6 nitrogen and oxygen atoms in total. The standard InChI is InChI=1S/C18H12F4N2O4/c19-14-4-1-9(5-13(14)17(26)27)6-15-12-7-10(28-8-18(20,21)22)2-3-11(12)16(25)24-23-15/h1-5,7H,6,8H2,(H,24,25)(H,26,27). The van der Waals surface area contributed by atoms with Crippen molar-refractivity contribution in [1.29, 1.82) is 0 Å². The second-order valence-corrected chi connectivity index (χ2v) is 5.91. The van der Waals surface area contributed by atoms with Gasteiger partial charge in [-0.2, -0.15) is 18.3 Å². The van der Waals surface area contributed by atoms with E-state index in [0.717, 1.165) is 12.1 Å². The fraction of sp³-hybridized carbons (Fsp3) is 0.167. The van der Waals surface area contributed by atoms with E-state index in [1.54, 1.807) is 0 Å². The molecule has 2 N–H and O–H groups in total. The third-order valence-electron chi connectivity index (χ3n) is 3.87. The normalized spacial score (nSPS) is 11.6. The van der Waals surface area contributed by atoms with Gasteiger partial charge >= 0.3 is 12.1 Å². The van der Waals surface area contributed by atoms with Gasteiger partial charge in [-0.3, -0.25) is 4.79 Å². The van der Waals surface area contributed by atoms with E-state index in [1.807, 2.05) is 0 Å². The zero-order valence-electron chi connectivity index (χ0n) is 14.0. The Balaban J connectivity index is 2.01. The van der Waals surface area contributed by atoms with Gasteiger partial charge in [-0.1, -0.05) is 6.07 Å². The molecular weight excluding hydrogens is 384 g/mol. The van der Waals surface area contributed by atoms with E-state index in [9.17, 15) is 27.2 Å². The van der Waals surface area contributed by atoms with Crippen LogP contribution in [0, 0.1) is 5.82 Å². The molecule has 0 aliphatic rings. The van der Waals surface area contributed by atoms with Gasteiger partial charge in [0.2, 0.25) is 0 Å². The fourth-order valence-electron chi connectivity index (χ4n) is 2.63. The molecule has 1 aromatic heterocycles. The second-order valence-electron chi connectivity index (χ2n) is 5.91. The monoisotopic (exact) mass is 396 g/mol. The number of nitrogens with zero attached hydrogens (tertiary/aromatic N) is 1. The van der Waals surface area contributed by atoms with Crippen molar-refractivity contribution in [2.24, 2.45) is 0 Å². The summed E-state index contributed by atoms with van der Waals surface area (Å²) < 4.78 is 55.3. The van der Waals surface area contributed by atoms with Crippen LogP contribution in [0.4, 0.5) is 17.6 Å². The Kier molecular flexibility index (Phi) is 5.04. The highest BCUT2D eigenvalue weighted by molar-refractivity contribution is 5.88. The molecule has 0 bridgehead atoms. The average Bonchev–Trinajstić information content (AvgIpc) is 2.63. The van der Waals surface area contributed by atoms with Crippen molar-refractivity contribution in [2.45, 2.75) is 12.6 Å². The lowest BCUT2D eigenvalue weighted by Crippen LogP contribution is -2.19. The Hall–Kier alpha value is -3.43. The predicted molar refractivity (Wildman–Crippen MR) is 90.1 cm³/mol. The van der Waals surface area contributed by atoms with E-state index in [1.165, 1.54) is 24.3 Å². The topological polar surface area (TPSA) is 92.3 Å². The molecule has 0 aliphatic heterocycles. The maximum atomic E-state index is 13.5. The van der Waals surface area contributed by atoms with E-state index in [0.29, 0.717) is 5.56 Å². The van der Waals surface area contributed by atoms with Crippen molar-refractivity contribution in [3.05, 3.63) is 69.4 Å². The lowest BCUT2D eigenvalue weighted by atomic mass is 10.0. The lowest BCUT2D eigenvalue weighted by molar-refractivity contribution is -0.153. The Morgan fingerprint density at radius 3 is 2.57 bits per heavy atom. The minimum atomic E-state index is -4.52. The Morgan fingerprint density at radius 2 is 1.89 bits per heavy atom. The number of aromatic amines is 1. The third-order valence-corrected chi connectivity index (χ3v) is 3.87. The highest BCUT2D eigenvalue weighted by Gasteiger charge is 2.28. The van der Waals surface area contributed by atoms with Crippen molar-refractivity contribution >= 4 is 16.7 Å². The number of carboxylic acids is 1. The Bertz CT molecular complexity index is 1110. The first-order chi connectivity index (χ1) is 13.1. The molecule has 0 unspecified atom stereocenters. The van der Waals surface area contributed by atoms with Gasteiger partial charge in [0.1, 0.15) is 11.6 Å². The van der Waals surface area contributed by atoms with Gasteiger partial charge < -0.3 is 9.84 Å². The van der Waals surface area contributed by atoms with E-state index in [4.69, 9.17) is 9.84 Å². The number of aromatic carboxylic acids is 1. The van der Waals surface area contributed by atoms with E-state index in [-0.39, 0.29) is 28.6 Å². The van der Waals surface area contributed by atoms with Crippen molar-refractivity contribution in [1.82, 2.24) is 10.2 Å². The van der Waals surface area contributed by atoms with Crippen molar-refractivity contribution in [3.63, 3.8) is 0 Å². The molecule has 28 heavy (non-hydrogen) atoms. The second kappa shape index (κ2) is 7.29. The molecule has 0 spiro atoms. The number of alkyl halides is 3. The number of carboxylic acid groups (broad SMARTS) is 1. The van der Waals surface area contributed by atoms with Crippen molar-refractivity contribution < 1.29 is 32.2 Å². The number of nitrogens with one attached hydrogen (secondary N) is 1. The van der Waals surface area contributed by atoms with Gasteiger partial charge in [-0.25, -0.2) is 14.3 Å². The number of rotatable bonds is 5. The Morgan fingerprint density at radius 1 is 1.14 bits per heavy atom. The molecule has 0 amide bonds. The number of fused-ring (bicyclic) bond motifs is 1. The molecule has 0 atom stereocenters. The largest absolute Gasteiger partial charge is 0.484 e. The molecule has 0 fully saturated rings. The summed E-state index contributed by atoms with van der Waals surface area (Å²) in [6, 6.07) is 7.25. The van der Waals surface area contributed by atoms with Crippen molar-refractivity contribution in [2.75, 3.05) is 6.61 Å². The fourth-order valence-corrected chi connectivity index (χ4v) is 2.63. The maximum Gasteiger partial charge on any atom is 0.422 e. The van der Waals surface area contributed by atoms with Gasteiger partial charge in [0.05, 0.1) is 16.6 Å². The molecular formula is C18H12F4N2O4. The molecule has 0 radical (unpaired) electrons. The highest BCUT2D eigenvalue weighted by atomic mass is 19.4. The molecule has 0 saturated carbocycles. The number of carbonyl (C=O) groups is 1. The molecule has 2 aromatic carbocycles.